The van der Waals surface area contributed by atoms with E-state index in [9.17, 15) is 0 Å². The van der Waals surface area contributed by atoms with Crippen LogP contribution in [0, 0.1) is 13.8 Å². The molecule has 4 heterocycles. The van der Waals surface area contributed by atoms with Crippen molar-refractivity contribution in [3.63, 3.8) is 0 Å². The molecule has 1 fully saturated rings. The van der Waals surface area contributed by atoms with Crippen LogP contribution in [0.2, 0.25) is 0 Å². The molecule has 4 aromatic rings. The van der Waals surface area contributed by atoms with Gasteiger partial charge in [0.2, 0.25) is 0 Å². The number of hydrogen-bond donors (Lipinski definition) is 0. The van der Waals surface area contributed by atoms with Gasteiger partial charge in [-0.2, -0.15) is 0 Å². The average Bonchev–Trinajstić information content (AvgIpc) is 3.08. The second kappa shape index (κ2) is 9.85. The van der Waals surface area contributed by atoms with Crippen LogP contribution in [0.4, 0.5) is 5.82 Å². The molecule has 0 aliphatic carbocycles. The normalized spacial score (nSPS) is 16.1. The maximum atomic E-state index is 5.61. The van der Waals surface area contributed by atoms with E-state index in [1.165, 1.54) is 23.9 Å². The first kappa shape index (κ1) is 22.4. The van der Waals surface area contributed by atoms with Gasteiger partial charge in [0.15, 0.2) is 11.5 Å². The monoisotopic (exact) mass is 456 g/mol. The summed E-state index contributed by atoms with van der Waals surface area (Å²) in [7, 11) is 2.20. The third-order valence-corrected chi connectivity index (χ3v) is 6.47. The van der Waals surface area contributed by atoms with Gasteiger partial charge in [-0.25, -0.2) is 4.98 Å². The first-order valence-corrected chi connectivity index (χ1v) is 12.0. The van der Waals surface area contributed by atoms with E-state index >= 15 is 0 Å². The lowest BCUT2D eigenvalue weighted by Crippen LogP contribution is -2.29. The molecule has 0 atom stereocenters. The van der Waals surface area contributed by atoms with E-state index in [0.29, 0.717) is 13.2 Å². The summed E-state index contributed by atoms with van der Waals surface area (Å²) in [6.45, 7) is 9.87. The Morgan fingerprint density at radius 2 is 1.59 bits per heavy atom. The molecular formula is C28H32N4O2. The number of nitrogens with zero attached hydrogens (tertiary/aromatic N) is 4. The van der Waals surface area contributed by atoms with E-state index in [1.54, 1.807) is 0 Å². The van der Waals surface area contributed by atoms with Gasteiger partial charge in [-0.05, 0) is 75.8 Å². The molecule has 1 saturated heterocycles. The van der Waals surface area contributed by atoms with Crippen molar-refractivity contribution in [2.75, 3.05) is 51.3 Å². The number of para-hydroxylation sites is 1. The summed E-state index contributed by atoms with van der Waals surface area (Å²) in [6, 6.07) is 18.5. The highest BCUT2D eigenvalue weighted by molar-refractivity contribution is 5.88. The Morgan fingerprint density at radius 1 is 0.765 bits per heavy atom. The number of benzene rings is 2. The molecule has 6 rings (SSSR count). The third kappa shape index (κ3) is 4.77. The minimum atomic E-state index is 0.611. The van der Waals surface area contributed by atoms with Gasteiger partial charge in [0, 0.05) is 36.1 Å². The van der Waals surface area contributed by atoms with Crippen LogP contribution in [0.1, 0.15) is 17.7 Å². The van der Waals surface area contributed by atoms with Gasteiger partial charge in [0.25, 0.3) is 0 Å². The lowest BCUT2D eigenvalue weighted by molar-refractivity contribution is 0.174. The molecule has 6 heteroatoms. The molecule has 0 spiro atoms. The van der Waals surface area contributed by atoms with E-state index in [1.807, 2.05) is 31.2 Å². The highest BCUT2D eigenvalue weighted by Gasteiger charge is 2.16. The standard InChI is InChI=1S/C16H21N3.C12H11NO2/c1-13-12-16(17-15-7-4-3-6-14(13)15)19-9-5-8-18(2)10-11-19;1-8-2-3-9-10(13-8)4-5-11-12(9)15-7-6-14-11/h3-4,6-7,12H,5,8-11H2,1-2H3;2-5H,6-7H2,1H3. The molecule has 2 aromatic carbocycles. The minimum absolute atomic E-state index is 0.611. The maximum Gasteiger partial charge on any atom is 0.170 e. The topological polar surface area (TPSA) is 50.7 Å². The Kier molecular flexibility index (Phi) is 6.50. The van der Waals surface area contributed by atoms with E-state index in [0.717, 1.165) is 59.1 Å². The van der Waals surface area contributed by atoms with Crippen molar-refractivity contribution in [1.29, 1.82) is 0 Å². The third-order valence-electron chi connectivity index (χ3n) is 6.47. The predicted octanol–water partition coefficient (Wildman–Crippen LogP) is 5.00. The predicted molar refractivity (Wildman–Crippen MR) is 138 cm³/mol. The second-order valence-electron chi connectivity index (χ2n) is 9.07. The summed E-state index contributed by atoms with van der Waals surface area (Å²) in [5.41, 5.74) is 4.40. The van der Waals surface area contributed by atoms with E-state index in [2.05, 4.69) is 59.1 Å². The zero-order valence-electron chi connectivity index (χ0n) is 20.3. The number of fused-ring (bicyclic) bond motifs is 4. The molecule has 0 radical (unpaired) electrons. The largest absolute Gasteiger partial charge is 0.486 e. The number of pyridine rings is 2. The number of aromatic nitrogens is 2. The fourth-order valence-electron chi connectivity index (χ4n) is 4.59. The lowest BCUT2D eigenvalue weighted by Gasteiger charge is -2.22. The second-order valence-corrected chi connectivity index (χ2v) is 9.07. The molecule has 2 aromatic heterocycles. The van der Waals surface area contributed by atoms with E-state index < -0.39 is 0 Å². The van der Waals surface area contributed by atoms with Crippen molar-refractivity contribution in [2.45, 2.75) is 20.3 Å². The number of hydrogen-bond acceptors (Lipinski definition) is 6. The summed E-state index contributed by atoms with van der Waals surface area (Å²) < 4.78 is 11.1. The first-order chi connectivity index (χ1) is 16.6. The molecule has 2 aliphatic heterocycles. The number of rotatable bonds is 1. The van der Waals surface area contributed by atoms with Crippen LogP contribution in [0.5, 0.6) is 11.5 Å². The Labute approximate surface area is 201 Å². The molecule has 0 bridgehead atoms. The van der Waals surface area contributed by atoms with Gasteiger partial charge >= 0.3 is 0 Å². The number of anilines is 1. The smallest absolute Gasteiger partial charge is 0.170 e. The quantitative estimate of drug-likeness (QED) is 0.402. The molecule has 0 amide bonds. The van der Waals surface area contributed by atoms with Crippen LogP contribution in [0.3, 0.4) is 0 Å². The number of ether oxygens (including phenoxy) is 2. The molecule has 2 aliphatic rings. The lowest BCUT2D eigenvalue weighted by atomic mass is 10.1. The molecular weight excluding hydrogens is 424 g/mol. The summed E-state index contributed by atoms with van der Waals surface area (Å²) in [4.78, 5) is 14.1. The van der Waals surface area contributed by atoms with Crippen LogP contribution in [0.25, 0.3) is 21.8 Å². The van der Waals surface area contributed by atoms with Crippen molar-refractivity contribution in [3.05, 3.63) is 65.9 Å². The Bertz CT molecular complexity index is 1310. The summed E-state index contributed by atoms with van der Waals surface area (Å²) in [6.07, 6.45) is 1.21. The average molecular weight is 457 g/mol. The molecule has 6 nitrogen and oxygen atoms in total. The molecule has 0 saturated carbocycles. The van der Waals surface area contributed by atoms with Gasteiger partial charge < -0.3 is 19.3 Å². The summed E-state index contributed by atoms with van der Waals surface area (Å²) in [5, 5.41) is 2.29. The molecule has 176 valence electrons. The van der Waals surface area contributed by atoms with Gasteiger partial charge in [0.1, 0.15) is 19.0 Å². The maximum absolute atomic E-state index is 5.61. The Hall–Kier alpha value is -3.38. The number of aryl methyl sites for hydroxylation is 2. The highest BCUT2D eigenvalue weighted by atomic mass is 16.6. The first-order valence-electron chi connectivity index (χ1n) is 12.0. The van der Waals surface area contributed by atoms with Crippen molar-refractivity contribution in [1.82, 2.24) is 14.9 Å². The van der Waals surface area contributed by atoms with Crippen LogP contribution >= 0.6 is 0 Å². The minimum Gasteiger partial charge on any atom is -0.486 e. The zero-order chi connectivity index (χ0) is 23.5. The van der Waals surface area contributed by atoms with Gasteiger partial charge in [-0.3, -0.25) is 4.98 Å². The SMILES string of the molecule is Cc1cc(N2CCCN(C)CC2)nc2ccccc12.Cc1ccc2c3c(ccc2n1)OCCO3. The van der Waals surface area contributed by atoms with Crippen LogP contribution < -0.4 is 14.4 Å². The van der Waals surface area contributed by atoms with E-state index in [4.69, 9.17) is 14.5 Å². The van der Waals surface area contributed by atoms with Crippen molar-refractivity contribution < 1.29 is 9.47 Å². The van der Waals surface area contributed by atoms with Crippen molar-refractivity contribution in [2.24, 2.45) is 0 Å². The van der Waals surface area contributed by atoms with E-state index in [-0.39, 0.29) is 0 Å². The fraction of sp³-hybridized carbons (Fsp3) is 0.357. The molecule has 0 unspecified atom stereocenters. The van der Waals surface area contributed by atoms with Gasteiger partial charge in [-0.15, -0.1) is 0 Å². The summed E-state index contributed by atoms with van der Waals surface area (Å²) in [5.74, 6) is 2.78. The van der Waals surface area contributed by atoms with Gasteiger partial charge in [0.05, 0.1) is 11.0 Å². The summed E-state index contributed by atoms with van der Waals surface area (Å²) >= 11 is 0. The van der Waals surface area contributed by atoms with Crippen LogP contribution in [-0.2, 0) is 0 Å². The molecule has 34 heavy (non-hydrogen) atoms. The Balaban J connectivity index is 0.000000145. The van der Waals surface area contributed by atoms with Crippen LogP contribution in [0.15, 0.2) is 54.6 Å². The zero-order valence-corrected chi connectivity index (χ0v) is 20.3. The number of likely N-dealkylation sites (N-methyl/N-ethyl adjacent to an activating group) is 1. The Morgan fingerprint density at radius 3 is 2.50 bits per heavy atom. The van der Waals surface area contributed by atoms with Crippen molar-refractivity contribution >= 4 is 27.6 Å². The highest BCUT2D eigenvalue weighted by Crippen LogP contribution is 2.36. The van der Waals surface area contributed by atoms with Gasteiger partial charge in [-0.1, -0.05) is 18.2 Å². The molecule has 0 N–H and O–H groups in total. The van der Waals surface area contributed by atoms with Crippen molar-refractivity contribution in [3.8, 4) is 11.5 Å². The fourth-order valence-corrected chi connectivity index (χ4v) is 4.59. The van der Waals surface area contributed by atoms with Crippen LogP contribution in [-0.4, -0.2) is 61.3 Å².